The lowest BCUT2D eigenvalue weighted by atomic mass is 9.86. The van der Waals surface area contributed by atoms with E-state index in [-0.39, 0.29) is 17.2 Å². The standard InChI is InChI=1S/C24H27N3O4.C4H4O4/c1-14-20(30-3)10-18-19-12-26(11-16(19)13-31-23(18)22(14)28)9-7-17-15(2)25-21-6-4-5-8-27(21)24(17)29;5-3(6)1-2-4(7)8/h4-6,8,10,16,19,28H,7,9,11-13H2,1-3H3;1-2H,(H,5,6)(H,7,8)/b;2-1+/t16-,19-;/m0./s1. The molecule has 2 aromatic heterocycles. The van der Waals surface area contributed by atoms with Crippen LogP contribution >= 0.6 is 0 Å². The van der Waals surface area contributed by atoms with E-state index < -0.39 is 11.9 Å². The first kappa shape index (κ1) is 27.6. The van der Waals surface area contributed by atoms with Crippen LogP contribution in [0.3, 0.4) is 0 Å². The fraction of sp³-hybridized carbons (Fsp3) is 0.357. The number of fused-ring (bicyclic) bond motifs is 4. The average molecular weight is 538 g/mol. The Hall–Kier alpha value is -4.38. The van der Waals surface area contributed by atoms with Crippen LogP contribution in [0.4, 0.5) is 0 Å². The van der Waals surface area contributed by atoms with Crippen LogP contribution in [0.25, 0.3) is 5.65 Å². The van der Waals surface area contributed by atoms with Gasteiger partial charge in [-0.3, -0.25) is 9.20 Å². The Morgan fingerprint density at radius 2 is 1.90 bits per heavy atom. The van der Waals surface area contributed by atoms with Crippen molar-refractivity contribution in [1.29, 1.82) is 0 Å². The van der Waals surface area contributed by atoms with Gasteiger partial charge in [0.05, 0.1) is 13.7 Å². The number of rotatable bonds is 6. The van der Waals surface area contributed by atoms with Crippen LogP contribution < -0.4 is 15.0 Å². The maximum Gasteiger partial charge on any atom is 0.328 e. The molecule has 3 aromatic rings. The summed E-state index contributed by atoms with van der Waals surface area (Å²) in [5.41, 5.74) is 3.98. The van der Waals surface area contributed by atoms with Crippen LogP contribution in [-0.2, 0) is 16.0 Å². The second kappa shape index (κ2) is 11.6. The molecule has 2 aliphatic rings. The Balaban J connectivity index is 0.000000386. The number of hydrogen-bond acceptors (Lipinski definition) is 8. The number of aromatic nitrogens is 2. The quantitative estimate of drug-likeness (QED) is 0.400. The lowest BCUT2D eigenvalue weighted by molar-refractivity contribution is -0.134. The molecule has 4 heterocycles. The fourth-order valence-corrected chi connectivity index (χ4v) is 5.17. The Morgan fingerprint density at radius 3 is 2.56 bits per heavy atom. The number of hydrogen-bond donors (Lipinski definition) is 3. The summed E-state index contributed by atoms with van der Waals surface area (Å²) < 4.78 is 13.0. The SMILES string of the molecule is COc1cc2c(c(O)c1C)OC[C@@H]1CN(CCc3c(C)nc4ccccn4c3=O)C[C@H]21.O=C(O)/C=C/C(=O)O. The molecule has 2 atom stereocenters. The number of benzene rings is 1. The van der Waals surface area contributed by atoms with Crippen LogP contribution in [0.15, 0.2) is 47.4 Å². The van der Waals surface area contributed by atoms with Crippen LogP contribution in [0.2, 0.25) is 0 Å². The Kier molecular flexibility index (Phi) is 8.20. The van der Waals surface area contributed by atoms with Crippen molar-refractivity contribution in [3.63, 3.8) is 0 Å². The molecule has 1 saturated heterocycles. The first-order chi connectivity index (χ1) is 18.6. The van der Waals surface area contributed by atoms with E-state index >= 15 is 0 Å². The van der Waals surface area contributed by atoms with Gasteiger partial charge < -0.3 is 29.7 Å². The van der Waals surface area contributed by atoms with Gasteiger partial charge >= 0.3 is 11.9 Å². The molecule has 0 spiro atoms. The van der Waals surface area contributed by atoms with Crippen LogP contribution in [-0.4, -0.2) is 74.9 Å². The highest BCUT2D eigenvalue weighted by atomic mass is 16.5. The zero-order chi connectivity index (χ0) is 28.3. The summed E-state index contributed by atoms with van der Waals surface area (Å²) in [4.78, 5) is 39.0. The van der Waals surface area contributed by atoms with Gasteiger partial charge in [0.1, 0.15) is 11.4 Å². The van der Waals surface area contributed by atoms with Gasteiger partial charge in [-0.25, -0.2) is 14.6 Å². The van der Waals surface area contributed by atoms with Crippen molar-refractivity contribution in [3.8, 4) is 17.2 Å². The van der Waals surface area contributed by atoms with Crippen LogP contribution in [0.5, 0.6) is 17.2 Å². The highest BCUT2D eigenvalue weighted by Crippen LogP contribution is 2.49. The molecule has 11 heteroatoms. The van der Waals surface area contributed by atoms with Crippen LogP contribution in [0.1, 0.15) is 28.3 Å². The van der Waals surface area contributed by atoms with Gasteiger partial charge in [0.15, 0.2) is 11.5 Å². The van der Waals surface area contributed by atoms with Crippen molar-refractivity contribution in [2.24, 2.45) is 5.92 Å². The number of nitrogens with zero attached hydrogens (tertiary/aromatic N) is 3. The largest absolute Gasteiger partial charge is 0.504 e. The zero-order valence-corrected chi connectivity index (χ0v) is 22.0. The Morgan fingerprint density at radius 1 is 1.18 bits per heavy atom. The third-order valence-electron chi connectivity index (χ3n) is 7.15. The summed E-state index contributed by atoms with van der Waals surface area (Å²) in [6, 6.07) is 7.60. The Bertz CT molecular complexity index is 1480. The smallest absolute Gasteiger partial charge is 0.328 e. The predicted octanol–water partition coefficient (Wildman–Crippen LogP) is 2.39. The minimum absolute atomic E-state index is 0.0125. The van der Waals surface area contributed by atoms with Gasteiger partial charge in [-0.15, -0.1) is 0 Å². The molecule has 206 valence electrons. The van der Waals surface area contributed by atoms with Gasteiger partial charge in [0.25, 0.3) is 5.56 Å². The minimum Gasteiger partial charge on any atom is -0.504 e. The van der Waals surface area contributed by atoms with Crippen molar-refractivity contribution < 1.29 is 34.4 Å². The summed E-state index contributed by atoms with van der Waals surface area (Å²) in [7, 11) is 1.62. The summed E-state index contributed by atoms with van der Waals surface area (Å²) in [5, 5.41) is 26.2. The minimum atomic E-state index is -1.26. The number of pyridine rings is 1. The molecule has 0 unspecified atom stereocenters. The highest BCUT2D eigenvalue weighted by molar-refractivity contribution is 5.89. The molecule has 0 saturated carbocycles. The number of methoxy groups -OCH3 is 1. The van der Waals surface area contributed by atoms with Crippen LogP contribution in [0, 0.1) is 19.8 Å². The van der Waals surface area contributed by atoms with E-state index in [1.165, 1.54) is 0 Å². The lowest BCUT2D eigenvalue weighted by Gasteiger charge is -2.29. The van der Waals surface area contributed by atoms with E-state index in [4.69, 9.17) is 19.7 Å². The van der Waals surface area contributed by atoms with Gasteiger partial charge in [-0.05, 0) is 38.5 Å². The molecule has 2 aliphatic heterocycles. The number of carboxylic acid groups (broad SMARTS) is 2. The molecular weight excluding hydrogens is 506 g/mol. The Labute approximate surface area is 224 Å². The number of aromatic hydroxyl groups is 1. The summed E-state index contributed by atoms with van der Waals surface area (Å²) in [6.07, 6.45) is 3.55. The molecule has 1 aromatic carbocycles. The van der Waals surface area contributed by atoms with Crippen molar-refractivity contribution in [3.05, 3.63) is 75.4 Å². The second-order valence-corrected chi connectivity index (χ2v) is 9.58. The number of aliphatic carboxylic acids is 2. The van der Waals surface area contributed by atoms with E-state index in [9.17, 15) is 19.5 Å². The predicted molar refractivity (Wildman–Crippen MR) is 142 cm³/mol. The first-order valence-electron chi connectivity index (χ1n) is 12.5. The van der Waals surface area contributed by atoms with E-state index in [2.05, 4.69) is 9.88 Å². The fourth-order valence-electron chi connectivity index (χ4n) is 5.17. The molecule has 39 heavy (non-hydrogen) atoms. The van der Waals surface area contributed by atoms with E-state index in [0.717, 1.165) is 36.5 Å². The molecule has 11 nitrogen and oxygen atoms in total. The highest BCUT2D eigenvalue weighted by Gasteiger charge is 2.40. The summed E-state index contributed by atoms with van der Waals surface area (Å²) in [6.45, 7) is 6.90. The van der Waals surface area contributed by atoms with E-state index in [1.54, 1.807) is 17.7 Å². The van der Waals surface area contributed by atoms with Crippen molar-refractivity contribution in [2.45, 2.75) is 26.2 Å². The third kappa shape index (κ3) is 5.88. The number of phenolic OH excluding ortho intramolecular Hbond substituents is 1. The maximum absolute atomic E-state index is 13.0. The van der Waals surface area contributed by atoms with Crippen molar-refractivity contribution in [2.75, 3.05) is 33.4 Å². The molecule has 0 radical (unpaired) electrons. The molecule has 0 amide bonds. The summed E-state index contributed by atoms with van der Waals surface area (Å²) in [5.74, 6) is -0.423. The molecule has 3 N–H and O–H groups in total. The van der Waals surface area contributed by atoms with Gasteiger partial charge in [0.2, 0.25) is 0 Å². The monoisotopic (exact) mass is 537 g/mol. The zero-order valence-electron chi connectivity index (χ0n) is 22.0. The molecule has 0 aliphatic carbocycles. The van der Waals surface area contributed by atoms with E-state index in [0.29, 0.717) is 53.8 Å². The second-order valence-electron chi connectivity index (χ2n) is 9.58. The molecule has 5 rings (SSSR count). The number of phenols is 1. The van der Waals surface area contributed by atoms with Gasteiger partial charge in [-0.2, -0.15) is 0 Å². The first-order valence-corrected chi connectivity index (χ1v) is 12.5. The lowest BCUT2D eigenvalue weighted by Crippen LogP contribution is -2.28. The van der Waals surface area contributed by atoms with Gasteiger partial charge in [0, 0.05) is 72.2 Å². The van der Waals surface area contributed by atoms with E-state index in [1.807, 2.05) is 38.1 Å². The number of carboxylic acids is 2. The normalized spacial score (nSPS) is 18.1. The molecular formula is C28H31N3O8. The molecule has 0 bridgehead atoms. The number of ether oxygens (including phenoxy) is 2. The topological polar surface area (TPSA) is 151 Å². The average Bonchev–Trinajstić information content (AvgIpc) is 3.33. The maximum atomic E-state index is 13.0. The number of carbonyl (C=O) groups is 2. The van der Waals surface area contributed by atoms with Crippen molar-refractivity contribution in [1.82, 2.24) is 14.3 Å². The van der Waals surface area contributed by atoms with Gasteiger partial charge in [-0.1, -0.05) is 6.07 Å². The third-order valence-corrected chi connectivity index (χ3v) is 7.15. The number of likely N-dealkylation sites (tertiary alicyclic amines) is 1. The molecule has 1 fully saturated rings. The van der Waals surface area contributed by atoms with Crippen molar-refractivity contribution >= 4 is 17.6 Å². The number of aryl methyl sites for hydroxylation is 1. The summed E-state index contributed by atoms with van der Waals surface area (Å²) >= 11 is 0.